The number of hydrogen-bond donors (Lipinski definition) is 2. The van der Waals surface area contributed by atoms with Gasteiger partial charge in [0, 0.05) is 43.1 Å². The molecule has 2 N–H and O–H groups in total. The molecule has 0 saturated carbocycles. The maximum Gasteiger partial charge on any atom is 0.321 e. The number of carbonyl (C=O) groups excluding carboxylic acids is 1. The lowest BCUT2D eigenvalue weighted by atomic mass is 9.92. The van der Waals surface area contributed by atoms with Gasteiger partial charge in [-0.05, 0) is 78.6 Å². The van der Waals surface area contributed by atoms with Gasteiger partial charge < -0.3 is 15.5 Å². The highest BCUT2D eigenvalue weighted by molar-refractivity contribution is 6.01. The van der Waals surface area contributed by atoms with Gasteiger partial charge in [-0.25, -0.2) is 14.8 Å². The Hall–Kier alpha value is -5.31. The first-order chi connectivity index (χ1) is 21.1. The van der Waals surface area contributed by atoms with Crippen LogP contribution in [0.2, 0.25) is 0 Å². The molecule has 214 valence electrons. The largest absolute Gasteiger partial charge is 0.351 e. The molecular formula is C34H32N8O. The minimum atomic E-state index is -0.0643. The lowest BCUT2D eigenvalue weighted by molar-refractivity contribution is 0.172. The zero-order valence-electron chi connectivity index (χ0n) is 23.9. The molecule has 6 aromatic rings. The van der Waals surface area contributed by atoms with E-state index in [-0.39, 0.29) is 18.0 Å². The Morgan fingerprint density at radius 1 is 0.930 bits per heavy atom. The van der Waals surface area contributed by atoms with Crippen molar-refractivity contribution >= 4 is 39.5 Å². The van der Waals surface area contributed by atoms with Crippen LogP contribution in [0.1, 0.15) is 19.8 Å². The first kappa shape index (κ1) is 26.6. The van der Waals surface area contributed by atoms with Crippen molar-refractivity contribution in [2.75, 3.05) is 23.7 Å². The van der Waals surface area contributed by atoms with Crippen LogP contribution in [-0.2, 0) is 0 Å². The quantitative estimate of drug-likeness (QED) is 0.230. The molecule has 0 bridgehead atoms. The van der Waals surface area contributed by atoms with Crippen LogP contribution in [0, 0.1) is 5.92 Å². The van der Waals surface area contributed by atoms with Crippen molar-refractivity contribution in [2.24, 2.45) is 5.92 Å². The molecule has 9 heteroatoms. The summed E-state index contributed by atoms with van der Waals surface area (Å²) in [5.41, 5.74) is 4.88. The summed E-state index contributed by atoms with van der Waals surface area (Å²) in [5, 5.41) is 8.80. The lowest BCUT2D eigenvalue weighted by Crippen LogP contribution is -2.46. The third kappa shape index (κ3) is 5.49. The molecule has 2 atom stereocenters. The molecule has 0 radical (unpaired) electrons. The molecule has 1 aliphatic rings. The number of urea groups is 1. The Morgan fingerprint density at radius 2 is 1.79 bits per heavy atom. The SMILES string of the molecule is CC(Nc1nccc(-n2cnc3cc(-c4ccncc4)ccc32)n1)C1CCCN(C(=O)Nc2cccc3ccccc23)C1. The highest BCUT2D eigenvalue weighted by Gasteiger charge is 2.28. The van der Waals surface area contributed by atoms with Gasteiger partial charge in [0.15, 0.2) is 0 Å². The molecular weight excluding hydrogens is 536 g/mol. The summed E-state index contributed by atoms with van der Waals surface area (Å²) >= 11 is 0. The number of fused-ring (bicyclic) bond motifs is 2. The van der Waals surface area contributed by atoms with Gasteiger partial charge in [0.05, 0.1) is 16.7 Å². The molecule has 7 rings (SSSR count). The molecule has 1 aliphatic heterocycles. The van der Waals surface area contributed by atoms with Crippen LogP contribution < -0.4 is 10.6 Å². The fourth-order valence-corrected chi connectivity index (χ4v) is 5.92. The van der Waals surface area contributed by atoms with E-state index in [1.54, 1.807) is 24.9 Å². The van der Waals surface area contributed by atoms with Gasteiger partial charge in [-0.3, -0.25) is 9.55 Å². The molecule has 3 aromatic carbocycles. The van der Waals surface area contributed by atoms with E-state index in [4.69, 9.17) is 4.98 Å². The highest BCUT2D eigenvalue weighted by Crippen LogP contribution is 2.27. The number of carbonyl (C=O) groups is 1. The molecule has 0 spiro atoms. The van der Waals surface area contributed by atoms with Crippen molar-refractivity contribution in [3.63, 3.8) is 0 Å². The molecule has 43 heavy (non-hydrogen) atoms. The number of anilines is 2. The Balaban J connectivity index is 1.03. The van der Waals surface area contributed by atoms with Crippen LogP contribution in [0.3, 0.4) is 0 Å². The number of aromatic nitrogens is 5. The van der Waals surface area contributed by atoms with Crippen LogP contribution in [0.15, 0.2) is 104 Å². The van der Waals surface area contributed by atoms with E-state index in [0.717, 1.165) is 63.8 Å². The van der Waals surface area contributed by atoms with Gasteiger partial charge in [-0.1, -0.05) is 42.5 Å². The standard InChI is InChI=1S/C34H32N8O/c1-23(27-8-5-19-41(21-27)34(43)39-29-10-4-7-25-6-2-3-9-28(25)29)38-33-36-18-15-32(40-33)42-22-37-30-20-26(11-12-31(30)42)24-13-16-35-17-14-24/h2-4,6-7,9-18,20,22-23,27H,5,8,19,21H2,1H3,(H,39,43)(H,36,38,40). The molecule has 3 aromatic heterocycles. The average Bonchev–Trinajstić information content (AvgIpc) is 3.49. The first-order valence-electron chi connectivity index (χ1n) is 14.6. The zero-order chi connectivity index (χ0) is 29.2. The van der Waals surface area contributed by atoms with Gasteiger partial charge in [0.2, 0.25) is 5.95 Å². The number of benzene rings is 3. The fourth-order valence-electron chi connectivity index (χ4n) is 5.92. The van der Waals surface area contributed by atoms with E-state index in [0.29, 0.717) is 12.5 Å². The summed E-state index contributed by atoms with van der Waals surface area (Å²) in [7, 11) is 0. The average molecular weight is 569 g/mol. The minimum absolute atomic E-state index is 0.0643. The van der Waals surface area contributed by atoms with E-state index in [1.165, 1.54) is 0 Å². The first-order valence-corrected chi connectivity index (χ1v) is 14.6. The van der Waals surface area contributed by atoms with Crippen molar-refractivity contribution in [1.82, 2.24) is 29.4 Å². The summed E-state index contributed by atoms with van der Waals surface area (Å²) in [4.78, 5) is 33.3. The fraction of sp³-hybridized carbons (Fsp3) is 0.206. The van der Waals surface area contributed by atoms with E-state index >= 15 is 0 Å². The summed E-state index contributed by atoms with van der Waals surface area (Å²) < 4.78 is 1.98. The highest BCUT2D eigenvalue weighted by atomic mass is 16.2. The molecule has 2 amide bonds. The molecule has 2 unspecified atom stereocenters. The molecule has 0 aliphatic carbocycles. The second-order valence-corrected chi connectivity index (χ2v) is 11.0. The number of imidazole rings is 1. The summed E-state index contributed by atoms with van der Waals surface area (Å²) in [6, 6.07) is 26.2. The summed E-state index contributed by atoms with van der Waals surface area (Å²) in [5.74, 6) is 1.56. The second-order valence-electron chi connectivity index (χ2n) is 11.0. The van der Waals surface area contributed by atoms with Crippen LogP contribution in [0.25, 0.3) is 38.8 Å². The number of piperidine rings is 1. The number of pyridine rings is 1. The van der Waals surface area contributed by atoms with E-state index in [1.807, 2.05) is 58.0 Å². The predicted octanol–water partition coefficient (Wildman–Crippen LogP) is 6.78. The minimum Gasteiger partial charge on any atom is -0.351 e. The van der Waals surface area contributed by atoms with Gasteiger partial charge in [-0.15, -0.1) is 0 Å². The van der Waals surface area contributed by atoms with Crippen molar-refractivity contribution < 1.29 is 4.79 Å². The summed E-state index contributed by atoms with van der Waals surface area (Å²) in [6.45, 7) is 3.54. The summed E-state index contributed by atoms with van der Waals surface area (Å²) in [6.07, 6.45) is 9.12. The Labute approximate surface area is 249 Å². The number of hydrogen-bond acceptors (Lipinski definition) is 6. The number of rotatable bonds is 6. The van der Waals surface area contributed by atoms with Crippen molar-refractivity contribution in [1.29, 1.82) is 0 Å². The van der Waals surface area contributed by atoms with E-state index in [2.05, 4.69) is 62.8 Å². The topological polar surface area (TPSA) is 101 Å². The maximum atomic E-state index is 13.3. The van der Waals surface area contributed by atoms with E-state index < -0.39 is 0 Å². The normalized spacial score (nSPS) is 15.8. The Morgan fingerprint density at radius 3 is 2.70 bits per heavy atom. The second kappa shape index (κ2) is 11.5. The van der Waals surface area contributed by atoms with Gasteiger partial charge >= 0.3 is 6.03 Å². The van der Waals surface area contributed by atoms with Crippen LogP contribution in [0.5, 0.6) is 0 Å². The molecule has 1 saturated heterocycles. The number of nitrogens with one attached hydrogen (secondary N) is 2. The van der Waals surface area contributed by atoms with Crippen LogP contribution in [-0.4, -0.2) is 54.6 Å². The Bertz CT molecular complexity index is 1900. The molecule has 9 nitrogen and oxygen atoms in total. The third-order valence-electron chi connectivity index (χ3n) is 8.29. The van der Waals surface area contributed by atoms with Crippen molar-refractivity contribution in [2.45, 2.75) is 25.8 Å². The van der Waals surface area contributed by atoms with Crippen molar-refractivity contribution in [3.8, 4) is 16.9 Å². The monoisotopic (exact) mass is 568 g/mol. The maximum absolute atomic E-state index is 13.3. The van der Waals surface area contributed by atoms with Gasteiger partial charge in [0.25, 0.3) is 0 Å². The van der Waals surface area contributed by atoms with Gasteiger partial charge in [-0.2, -0.15) is 4.98 Å². The lowest BCUT2D eigenvalue weighted by Gasteiger charge is -2.36. The van der Waals surface area contributed by atoms with Crippen LogP contribution >= 0.6 is 0 Å². The third-order valence-corrected chi connectivity index (χ3v) is 8.29. The van der Waals surface area contributed by atoms with Crippen LogP contribution in [0.4, 0.5) is 16.4 Å². The van der Waals surface area contributed by atoms with Crippen molar-refractivity contribution in [3.05, 3.63) is 104 Å². The van der Waals surface area contributed by atoms with Gasteiger partial charge in [0.1, 0.15) is 12.1 Å². The number of nitrogens with zero attached hydrogens (tertiary/aromatic N) is 6. The van der Waals surface area contributed by atoms with E-state index in [9.17, 15) is 4.79 Å². The number of amides is 2. The number of likely N-dealkylation sites (tertiary alicyclic amines) is 1. The predicted molar refractivity (Wildman–Crippen MR) is 170 cm³/mol. The Kier molecular flexibility index (Phi) is 7.12. The molecule has 1 fully saturated rings. The smallest absolute Gasteiger partial charge is 0.321 e. The molecule has 4 heterocycles. The zero-order valence-corrected chi connectivity index (χ0v) is 23.9.